The minimum Gasteiger partial charge on any atom is -0.379 e. The van der Waals surface area contributed by atoms with Gasteiger partial charge in [-0.15, -0.1) is 0 Å². The quantitative estimate of drug-likeness (QED) is 0.698. The van der Waals surface area contributed by atoms with Crippen LogP contribution in [0, 0.1) is 16.7 Å². The van der Waals surface area contributed by atoms with Crippen LogP contribution in [0.25, 0.3) is 0 Å². The molecule has 4 nitrogen and oxygen atoms in total. The summed E-state index contributed by atoms with van der Waals surface area (Å²) < 4.78 is 11.5. The smallest absolute Gasteiger partial charge is 0.186 e. The fourth-order valence-corrected chi connectivity index (χ4v) is 5.01. The lowest BCUT2D eigenvalue weighted by atomic mass is 9.69. The van der Waals surface area contributed by atoms with Crippen LogP contribution < -0.4 is 0 Å². The summed E-state index contributed by atoms with van der Waals surface area (Å²) in [6.07, 6.45) is 2.18. The van der Waals surface area contributed by atoms with E-state index in [1.165, 1.54) is 0 Å². The standard InChI is InChI=1S/C14H21NO3/c1-12-4-3-10-13(12,2)9-18-14(10,11(12)16)15-5-7-17-8-6-15/h10H,3-9H2,1-2H3. The van der Waals surface area contributed by atoms with E-state index in [4.69, 9.17) is 9.47 Å². The first-order valence-corrected chi connectivity index (χ1v) is 7.07. The van der Waals surface area contributed by atoms with Gasteiger partial charge in [-0.25, -0.2) is 0 Å². The number of carbonyl (C=O) groups excluding carboxylic acids is 1. The van der Waals surface area contributed by atoms with E-state index in [0.717, 1.165) is 45.8 Å². The summed E-state index contributed by atoms with van der Waals surface area (Å²) in [7, 11) is 0. The summed E-state index contributed by atoms with van der Waals surface area (Å²) in [6.45, 7) is 8.27. The second kappa shape index (κ2) is 3.17. The Labute approximate surface area is 108 Å². The van der Waals surface area contributed by atoms with Gasteiger partial charge in [0.15, 0.2) is 11.5 Å². The molecule has 18 heavy (non-hydrogen) atoms. The van der Waals surface area contributed by atoms with Crippen molar-refractivity contribution in [2.75, 3.05) is 32.9 Å². The van der Waals surface area contributed by atoms with E-state index in [9.17, 15) is 4.79 Å². The van der Waals surface area contributed by atoms with Crippen molar-refractivity contribution in [2.24, 2.45) is 16.7 Å². The Morgan fingerprint density at radius 1 is 1.28 bits per heavy atom. The molecule has 2 saturated heterocycles. The lowest BCUT2D eigenvalue weighted by Crippen LogP contribution is -2.63. The molecule has 4 aliphatic rings. The Morgan fingerprint density at radius 3 is 2.61 bits per heavy atom. The summed E-state index contributed by atoms with van der Waals surface area (Å²) >= 11 is 0. The molecule has 2 heterocycles. The number of nitrogens with zero attached hydrogens (tertiary/aromatic N) is 1. The third-order valence-corrected chi connectivity index (χ3v) is 6.33. The van der Waals surface area contributed by atoms with Gasteiger partial charge in [0.05, 0.1) is 19.8 Å². The van der Waals surface area contributed by atoms with Gasteiger partial charge in [-0.2, -0.15) is 0 Å². The topological polar surface area (TPSA) is 38.8 Å². The number of rotatable bonds is 1. The summed E-state index contributed by atoms with van der Waals surface area (Å²) in [5, 5.41) is 0. The second-order valence-electron chi connectivity index (χ2n) is 6.75. The first-order valence-electron chi connectivity index (χ1n) is 7.07. The van der Waals surface area contributed by atoms with Crippen molar-refractivity contribution in [3.8, 4) is 0 Å². The highest BCUT2D eigenvalue weighted by Gasteiger charge is 2.81. The maximum atomic E-state index is 13.0. The van der Waals surface area contributed by atoms with E-state index >= 15 is 0 Å². The molecule has 4 unspecified atom stereocenters. The Hall–Kier alpha value is -0.450. The van der Waals surface area contributed by atoms with E-state index in [-0.39, 0.29) is 10.8 Å². The van der Waals surface area contributed by atoms with Crippen molar-refractivity contribution in [3.05, 3.63) is 0 Å². The minimum absolute atomic E-state index is 0.0579. The van der Waals surface area contributed by atoms with Gasteiger partial charge in [-0.05, 0) is 12.8 Å². The highest BCUT2D eigenvalue weighted by Crippen LogP contribution is 2.72. The predicted octanol–water partition coefficient (Wildman–Crippen LogP) is 1.05. The van der Waals surface area contributed by atoms with E-state index in [1.807, 2.05) is 0 Å². The predicted molar refractivity (Wildman–Crippen MR) is 65.0 cm³/mol. The molecule has 2 aliphatic heterocycles. The normalized spacial score (nSPS) is 55.4. The number of ether oxygens (including phenoxy) is 2. The fourth-order valence-electron chi connectivity index (χ4n) is 5.01. The maximum Gasteiger partial charge on any atom is 0.186 e. The van der Waals surface area contributed by atoms with Crippen LogP contribution in [0.5, 0.6) is 0 Å². The van der Waals surface area contributed by atoms with Crippen LogP contribution >= 0.6 is 0 Å². The van der Waals surface area contributed by atoms with Gasteiger partial charge in [0, 0.05) is 29.8 Å². The zero-order chi connectivity index (χ0) is 12.6. The van der Waals surface area contributed by atoms with Crippen LogP contribution in [0.2, 0.25) is 0 Å². The van der Waals surface area contributed by atoms with Crippen LogP contribution in [-0.4, -0.2) is 49.3 Å². The Bertz CT molecular complexity index is 419. The van der Waals surface area contributed by atoms with E-state index in [2.05, 4.69) is 18.7 Å². The number of hydrogen-bond acceptors (Lipinski definition) is 4. The number of ketones is 1. The molecule has 4 atom stereocenters. The Morgan fingerprint density at radius 2 is 2.00 bits per heavy atom. The van der Waals surface area contributed by atoms with Crippen molar-refractivity contribution in [2.45, 2.75) is 32.4 Å². The van der Waals surface area contributed by atoms with Crippen LogP contribution in [0.4, 0.5) is 0 Å². The molecule has 2 saturated carbocycles. The van der Waals surface area contributed by atoms with Crippen LogP contribution in [0.1, 0.15) is 26.7 Å². The molecule has 0 radical (unpaired) electrons. The molecule has 0 spiro atoms. The van der Waals surface area contributed by atoms with Crippen molar-refractivity contribution < 1.29 is 14.3 Å². The Kier molecular flexibility index (Phi) is 2.00. The first kappa shape index (κ1) is 11.4. The number of carbonyl (C=O) groups is 1. The van der Waals surface area contributed by atoms with Crippen molar-refractivity contribution >= 4 is 5.78 Å². The van der Waals surface area contributed by atoms with Gasteiger partial charge in [-0.3, -0.25) is 9.69 Å². The van der Waals surface area contributed by atoms with Gasteiger partial charge in [0.2, 0.25) is 0 Å². The molecule has 0 amide bonds. The van der Waals surface area contributed by atoms with E-state index in [1.54, 1.807) is 0 Å². The number of morpholine rings is 1. The van der Waals surface area contributed by atoms with Crippen molar-refractivity contribution in [3.63, 3.8) is 0 Å². The van der Waals surface area contributed by atoms with Crippen LogP contribution in [0.15, 0.2) is 0 Å². The zero-order valence-corrected chi connectivity index (χ0v) is 11.2. The van der Waals surface area contributed by atoms with E-state index < -0.39 is 5.72 Å². The zero-order valence-electron chi connectivity index (χ0n) is 11.2. The molecule has 2 aliphatic carbocycles. The highest BCUT2D eigenvalue weighted by molar-refractivity contribution is 5.98. The van der Waals surface area contributed by atoms with Crippen LogP contribution in [-0.2, 0) is 14.3 Å². The average Bonchev–Trinajstić information content (AvgIpc) is 2.88. The SMILES string of the molecule is CC12CCC3C(N4CCOCC4)(OCC31C)C2=O. The molecule has 4 bridgehead atoms. The lowest BCUT2D eigenvalue weighted by molar-refractivity contribution is -0.200. The van der Waals surface area contributed by atoms with Crippen molar-refractivity contribution in [1.29, 1.82) is 0 Å². The monoisotopic (exact) mass is 251 g/mol. The molecule has 0 N–H and O–H groups in total. The second-order valence-corrected chi connectivity index (χ2v) is 6.75. The maximum absolute atomic E-state index is 13.0. The van der Waals surface area contributed by atoms with Crippen LogP contribution in [0.3, 0.4) is 0 Å². The number of hydrogen-bond donors (Lipinski definition) is 0. The molecule has 4 fully saturated rings. The summed E-state index contributed by atoms with van der Waals surface area (Å²) in [6, 6.07) is 0. The molecular weight excluding hydrogens is 230 g/mol. The third-order valence-electron chi connectivity index (χ3n) is 6.33. The average molecular weight is 251 g/mol. The van der Waals surface area contributed by atoms with Gasteiger partial charge >= 0.3 is 0 Å². The molecule has 4 rings (SSSR count). The molecule has 4 heteroatoms. The third kappa shape index (κ3) is 0.928. The van der Waals surface area contributed by atoms with Gasteiger partial charge in [-0.1, -0.05) is 13.8 Å². The summed E-state index contributed by atoms with van der Waals surface area (Å²) in [4.78, 5) is 15.2. The summed E-state index contributed by atoms with van der Waals surface area (Å²) in [5.41, 5.74) is -0.706. The summed E-state index contributed by atoms with van der Waals surface area (Å²) in [5.74, 6) is 0.738. The molecule has 0 aromatic heterocycles. The molecule has 0 aromatic carbocycles. The largest absolute Gasteiger partial charge is 0.379 e. The first-order chi connectivity index (χ1) is 8.56. The fraction of sp³-hybridized carbons (Fsp3) is 0.929. The lowest BCUT2D eigenvalue weighted by Gasteiger charge is -2.47. The molecule has 0 aromatic rings. The Balaban J connectivity index is 1.80. The van der Waals surface area contributed by atoms with Gasteiger partial charge in [0.25, 0.3) is 0 Å². The highest BCUT2D eigenvalue weighted by atomic mass is 16.5. The molecular formula is C14H21NO3. The minimum atomic E-state index is -0.606. The van der Waals surface area contributed by atoms with E-state index in [0.29, 0.717) is 11.7 Å². The van der Waals surface area contributed by atoms with Gasteiger partial charge < -0.3 is 9.47 Å². The van der Waals surface area contributed by atoms with Gasteiger partial charge in [0.1, 0.15) is 0 Å². The van der Waals surface area contributed by atoms with Crippen molar-refractivity contribution in [1.82, 2.24) is 4.90 Å². The number of Topliss-reactive ketones (excluding diaryl/α,β-unsaturated/α-hetero) is 1. The molecule has 100 valence electrons.